The summed E-state index contributed by atoms with van der Waals surface area (Å²) in [6.45, 7) is 2.30. The van der Waals surface area contributed by atoms with E-state index in [1.54, 1.807) is 6.92 Å². The molecule has 1 unspecified atom stereocenters. The quantitative estimate of drug-likeness (QED) is 0.531. The van der Waals surface area contributed by atoms with Crippen LogP contribution in [0.15, 0.2) is 4.99 Å². The third kappa shape index (κ3) is 1.33. The van der Waals surface area contributed by atoms with Gasteiger partial charge in [0.1, 0.15) is 11.9 Å². The molecule has 0 saturated heterocycles. The highest BCUT2D eigenvalue weighted by Gasteiger charge is 2.20. The van der Waals surface area contributed by atoms with E-state index >= 15 is 0 Å². The monoisotopic (exact) mass is 141 g/mol. The molecule has 0 aromatic rings. The van der Waals surface area contributed by atoms with E-state index in [-0.39, 0.29) is 11.9 Å². The van der Waals surface area contributed by atoms with Crippen LogP contribution >= 0.6 is 0 Å². The zero-order valence-electron chi connectivity index (χ0n) is 5.92. The van der Waals surface area contributed by atoms with Gasteiger partial charge in [-0.3, -0.25) is 9.79 Å². The first-order valence-electron chi connectivity index (χ1n) is 3.31. The molecule has 0 saturated carbocycles. The van der Waals surface area contributed by atoms with E-state index in [1.165, 1.54) is 0 Å². The molecule has 3 N–H and O–H groups in total. The summed E-state index contributed by atoms with van der Waals surface area (Å²) in [4.78, 5) is 14.8. The Morgan fingerprint density at radius 3 is 2.90 bits per heavy atom. The summed E-state index contributed by atoms with van der Waals surface area (Å²) < 4.78 is 0. The van der Waals surface area contributed by atoms with E-state index < -0.39 is 0 Å². The number of carbonyl (C=O) groups excluding carboxylic acids is 1. The maximum absolute atomic E-state index is 10.8. The lowest BCUT2D eigenvalue weighted by molar-refractivity contribution is -0.119. The molecule has 1 aliphatic heterocycles. The van der Waals surface area contributed by atoms with Crippen LogP contribution in [0.2, 0.25) is 0 Å². The third-order valence-electron chi connectivity index (χ3n) is 1.38. The van der Waals surface area contributed by atoms with Gasteiger partial charge in [-0.25, -0.2) is 0 Å². The van der Waals surface area contributed by atoms with E-state index in [1.807, 2.05) is 0 Å². The lowest BCUT2D eigenvalue weighted by atomic mass is 10.4. The first-order valence-corrected chi connectivity index (χ1v) is 3.31. The number of hydrogen-bond donors (Lipinski definition) is 2. The molecule has 4 heteroatoms. The molecule has 0 radical (unpaired) electrons. The normalized spacial score (nSPS) is 24.4. The van der Waals surface area contributed by atoms with Crippen molar-refractivity contribution in [3.63, 3.8) is 0 Å². The number of nitrogens with one attached hydrogen (secondary N) is 1. The Morgan fingerprint density at radius 1 is 1.80 bits per heavy atom. The molecule has 4 nitrogen and oxygen atoms in total. The van der Waals surface area contributed by atoms with Crippen LogP contribution in [0.1, 0.15) is 13.3 Å². The van der Waals surface area contributed by atoms with Crippen LogP contribution in [0, 0.1) is 0 Å². The van der Waals surface area contributed by atoms with Crippen LogP contribution in [-0.4, -0.2) is 24.3 Å². The number of nitrogens with zero attached hydrogens (tertiary/aromatic N) is 1. The smallest absolute Gasteiger partial charge is 0.249 e. The van der Waals surface area contributed by atoms with Crippen molar-refractivity contribution in [1.29, 1.82) is 0 Å². The molecular formula is C6H11N3O. The second kappa shape index (κ2) is 2.79. The Labute approximate surface area is 59.5 Å². The molecule has 0 aromatic carbocycles. The molecule has 1 heterocycles. The third-order valence-corrected chi connectivity index (χ3v) is 1.38. The first kappa shape index (κ1) is 7.21. The van der Waals surface area contributed by atoms with E-state index in [4.69, 9.17) is 5.73 Å². The summed E-state index contributed by atoms with van der Waals surface area (Å²) in [6, 6.07) is -0.221. The number of carbonyl (C=O) groups is 1. The number of nitrogens with two attached hydrogens (primary N) is 1. The lowest BCUT2D eigenvalue weighted by Crippen LogP contribution is -2.28. The van der Waals surface area contributed by atoms with Crippen molar-refractivity contribution in [1.82, 2.24) is 5.32 Å². The molecule has 0 spiro atoms. The lowest BCUT2D eigenvalue weighted by Gasteiger charge is -1.94. The van der Waals surface area contributed by atoms with Gasteiger partial charge in [-0.2, -0.15) is 0 Å². The van der Waals surface area contributed by atoms with Crippen LogP contribution in [0.5, 0.6) is 0 Å². The molecule has 0 aliphatic carbocycles. The molecule has 1 aliphatic rings. The predicted octanol–water partition coefficient (Wildman–Crippen LogP) is -0.748. The Balaban J connectivity index is 2.50. The fourth-order valence-electron chi connectivity index (χ4n) is 0.835. The standard InChI is InChI=1S/C6H11N3O/c1-4-6(10)9-5(8-4)2-3-7/h4H,2-3,7H2,1H3,(H,8,9,10). The van der Waals surface area contributed by atoms with Crippen molar-refractivity contribution in [3.05, 3.63) is 0 Å². The van der Waals surface area contributed by atoms with E-state index in [0.717, 1.165) is 5.84 Å². The van der Waals surface area contributed by atoms with Gasteiger partial charge in [-0.05, 0) is 13.5 Å². The fourth-order valence-corrected chi connectivity index (χ4v) is 0.835. The van der Waals surface area contributed by atoms with Gasteiger partial charge in [-0.15, -0.1) is 0 Å². The van der Waals surface area contributed by atoms with Crippen LogP contribution in [0.25, 0.3) is 0 Å². The molecule has 0 fully saturated rings. The Hall–Kier alpha value is -0.900. The largest absolute Gasteiger partial charge is 0.330 e. The maximum Gasteiger partial charge on any atom is 0.249 e. The van der Waals surface area contributed by atoms with E-state index in [2.05, 4.69) is 10.3 Å². The number of amidine groups is 1. The van der Waals surface area contributed by atoms with Gasteiger partial charge in [-0.1, -0.05) is 0 Å². The van der Waals surface area contributed by atoms with Gasteiger partial charge in [0.05, 0.1) is 0 Å². The van der Waals surface area contributed by atoms with Crippen LogP contribution < -0.4 is 11.1 Å². The maximum atomic E-state index is 10.8. The SMILES string of the molecule is CC1N=C(CCN)NC1=O. The number of hydrogen-bond acceptors (Lipinski definition) is 3. The second-order valence-electron chi connectivity index (χ2n) is 2.28. The topological polar surface area (TPSA) is 67.5 Å². The van der Waals surface area contributed by atoms with Crippen molar-refractivity contribution in [2.45, 2.75) is 19.4 Å². The number of aliphatic imine (C=N–C) groups is 1. The van der Waals surface area contributed by atoms with Crippen molar-refractivity contribution >= 4 is 11.7 Å². The summed E-state index contributed by atoms with van der Waals surface area (Å²) in [5.41, 5.74) is 5.27. The first-order chi connectivity index (χ1) is 4.74. The molecule has 1 amide bonds. The summed E-state index contributed by atoms with van der Waals surface area (Å²) in [5.74, 6) is 0.698. The van der Waals surface area contributed by atoms with Gasteiger partial charge in [0, 0.05) is 6.42 Å². The van der Waals surface area contributed by atoms with Gasteiger partial charge in [0.2, 0.25) is 5.91 Å². The van der Waals surface area contributed by atoms with Crippen molar-refractivity contribution in [2.24, 2.45) is 10.7 Å². The minimum absolute atomic E-state index is 0.0246. The molecule has 0 bridgehead atoms. The zero-order valence-corrected chi connectivity index (χ0v) is 5.92. The van der Waals surface area contributed by atoms with Crippen molar-refractivity contribution < 1.29 is 4.79 Å². The average Bonchev–Trinajstić information content (AvgIpc) is 2.14. The van der Waals surface area contributed by atoms with Crippen molar-refractivity contribution in [3.8, 4) is 0 Å². The minimum Gasteiger partial charge on any atom is -0.330 e. The average molecular weight is 141 g/mol. The predicted molar refractivity (Wildman–Crippen MR) is 38.7 cm³/mol. The fraction of sp³-hybridized carbons (Fsp3) is 0.667. The van der Waals surface area contributed by atoms with Crippen LogP contribution in [0.4, 0.5) is 0 Å². The van der Waals surface area contributed by atoms with Gasteiger partial charge in [0.25, 0.3) is 0 Å². The Morgan fingerprint density at radius 2 is 2.50 bits per heavy atom. The molecule has 56 valence electrons. The Kier molecular flexibility index (Phi) is 2.01. The highest BCUT2D eigenvalue weighted by atomic mass is 16.2. The highest BCUT2D eigenvalue weighted by molar-refractivity contribution is 6.05. The van der Waals surface area contributed by atoms with Crippen molar-refractivity contribution in [2.75, 3.05) is 6.54 Å². The zero-order chi connectivity index (χ0) is 7.56. The van der Waals surface area contributed by atoms with Gasteiger partial charge >= 0.3 is 0 Å². The molecule has 1 atom stereocenters. The van der Waals surface area contributed by atoms with Gasteiger partial charge in [0.15, 0.2) is 0 Å². The summed E-state index contributed by atoms with van der Waals surface area (Å²) in [7, 11) is 0. The minimum atomic E-state index is -0.221. The van der Waals surface area contributed by atoms with Gasteiger partial charge < -0.3 is 11.1 Å². The van der Waals surface area contributed by atoms with Crippen LogP contribution in [0.3, 0.4) is 0 Å². The molecular weight excluding hydrogens is 130 g/mol. The summed E-state index contributed by atoms with van der Waals surface area (Å²) >= 11 is 0. The van der Waals surface area contributed by atoms with E-state index in [9.17, 15) is 4.79 Å². The molecule has 0 aromatic heterocycles. The summed E-state index contributed by atoms with van der Waals surface area (Å²) in [5, 5.41) is 2.64. The number of amides is 1. The van der Waals surface area contributed by atoms with Crippen LogP contribution in [-0.2, 0) is 4.79 Å². The summed E-state index contributed by atoms with van der Waals surface area (Å²) in [6.07, 6.45) is 0.663. The number of rotatable bonds is 2. The Bertz CT molecular complexity index is 176. The molecule has 10 heavy (non-hydrogen) atoms. The highest BCUT2D eigenvalue weighted by Crippen LogP contribution is 1.99. The second-order valence-corrected chi connectivity index (χ2v) is 2.28. The molecule has 1 rings (SSSR count). The van der Waals surface area contributed by atoms with E-state index in [0.29, 0.717) is 13.0 Å².